The standard InChI is InChI=1S/C10H15NO2.C2H6/c1-4-13-10(12)11-6-5-8(2)7-9(11)3;1-2/h5-7,9H,4H2,1-3H3;1-2H3. The Bertz CT molecular complexity index is 256. The van der Waals surface area contributed by atoms with Crippen LogP contribution in [0.25, 0.3) is 0 Å². The highest BCUT2D eigenvalue weighted by Gasteiger charge is 2.19. The smallest absolute Gasteiger partial charge is 0.414 e. The number of nitrogens with zero attached hydrogens (tertiary/aromatic N) is 1. The van der Waals surface area contributed by atoms with Gasteiger partial charge in [-0.2, -0.15) is 0 Å². The zero-order valence-corrected chi connectivity index (χ0v) is 10.3. The molecule has 0 fully saturated rings. The molecule has 1 heterocycles. The molecule has 1 atom stereocenters. The van der Waals surface area contributed by atoms with Crippen LogP contribution in [-0.2, 0) is 4.74 Å². The molecule has 0 aromatic carbocycles. The summed E-state index contributed by atoms with van der Waals surface area (Å²) in [5.74, 6) is 0. The summed E-state index contributed by atoms with van der Waals surface area (Å²) in [4.78, 5) is 12.9. The predicted molar refractivity (Wildman–Crippen MR) is 62.6 cm³/mol. The first kappa shape index (κ1) is 13.8. The van der Waals surface area contributed by atoms with Gasteiger partial charge in [-0.15, -0.1) is 0 Å². The number of rotatable bonds is 1. The van der Waals surface area contributed by atoms with Crippen molar-refractivity contribution in [1.29, 1.82) is 0 Å². The minimum Gasteiger partial charge on any atom is -0.449 e. The molecule has 0 spiro atoms. The van der Waals surface area contributed by atoms with E-state index < -0.39 is 0 Å². The predicted octanol–water partition coefficient (Wildman–Crippen LogP) is 3.33. The van der Waals surface area contributed by atoms with E-state index in [0.29, 0.717) is 6.61 Å². The minimum atomic E-state index is -0.282. The molecule has 1 aliphatic rings. The van der Waals surface area contributed by atoms with Crippen molar-refractivity contribution < 1.29 is 9.53 Å². The molecule has 0 saturated heterocycles. The summed E-state index contributed by atoms with van der Waals surface area (Å²) in [7, 11) is 0. The molecule has 0 aliphatic carbocycles. The SMILES string of the molecule is CC.CCOC(=O)N1C=CC(C)=CC1C. The summed E-state index contributed by atoms with van der Waals surface area (Å²) < 4.78 is 4.89. The lowest BCUT2D eigenvalue weighted by molar-refractivity contribution is 0.117. The Hall–Kier alpha value is -1.25. The Balaban J connectivity index is 0.000000921. The van der Waals surface area contributed by atoms with Crippen LogP contribution in [0.4, 0.5) is 4.79 Å². The normalized spacial score (nSPS) is 18.9. The van der Waals surface area contributed by atoms with Crippen LogP contribution in [0.2, 0.25) is 0 Å². The lowest BCUT2D eigenvalue weighted by atomic mass is 10.1. The number of hydrogen-bond acceptors (Lipinski definition) is 2. The summed E-state index contributed by atoms with van der Waals surface area (Å²) >= 11 is 0. The molecule has 1 rings (SSSR count). The van der Waals surface area contributed by atoms with E-state index in [-0.39, 0.29) is 12.1 Å². The van der Waals surface area contributed by atoms with Crippen molar-refractivity contribution >= 4 is 6.09 Å². The van der Waals surface area contributed by atoms with Crippen LogP contribution >= 0.6 is 0 Å². The largest absolute Gasteiger partial charge is 0.449 e. The van der Waals surface area contributed by atoms with E-state index in [2.05, 4.69) is 0 Å². The van der Waals surface area contributed by atoms with Crippen molar-refractivity contribution in [3.8, 4) is 0 Å². The van der Waals surface area contributed by atoms with Crippen LogP contribution in [0.5, 0.6) is 0 Å². The van der Waals surface area contributed by atoms with Gasteiger partial charge in [0.2, 0.25) is 0 Å². The first-order chi connectivity index (χ1) is 7.15. The highest BCUT2D eigenvalue weighted by molar-refractivity contribution is 5.70. The highest BCUT2D eigenvalue weighted by atomic mass is 16.6. The Kier molecular flexibility index (Phi) is 6.50. The monoisotopic (exact) mass is 211 g/mol. The van der Waals surface area contributed by atoms with Crippen LogP contribution < -0.4 is 0 Å². The number of allylic oxidation sites excluding steroid dienone is 2. The molecule has 0 aromatic heterocycles. The van der Waals surface area contributed by atoms with Crippen molar-refractivity contribution in [2.75, 3.05) is 6.61 Å². The average Bonchev–Trinajstić information content (AvgIpc) is 2.21. The van der Waals surface area contributed by atoms with E-state index in [1.54, 1.807) is 18.0 Å². The Morgan fingerprint density at radius 1 is 1.53 bits per heavy atom. The lowest BCUT2D eigenvalue weighted by Crippen LogP contribution is -2.34. The third-order valence-electron chi connectivity index (χ3n) is 1.92. The number of amides is 1. The minimum absolute atomic E-state index is 0.0871. The number of carbonyl (C=O) groups excluding carboxylic acids is 1. The van der Waals surface area contributed by atoms with Gasteiger partial charge in [0.25, 0.3) is 0 Å². The van der Waals surface area contributed by atoms with Gasteiger partial charge in [0.05, 0.1) is 12.6 Å². The van der Waals surface area contributed by atoms with Crippen molar-refractivity contribution in [3.63, 3.8) is 0 Å². The second-order valence-corrected chi connectivity index (χ2v) is 3.07. The van der Waals surface area contributed by atoms with Gasteiger partial charge in [0, 0.05) is 6.20 Å². The highest BCUT2D eigenvalue weighted by Crippen LogP contribution is 2.13. The molecule has 3 heteroatoms. The van der Waals surface area contributed by atoms with E-state index in [1.165, 1.54) is 5.57 Å². The quantitative estimate of drug-likeness (QED) is 0.665. The molecule has 0 aromatic rings. The van der Waals surface area contributed by atoms with E-state index in [1.807, 2.05) is 39.8 Å². The van der Waals surface area contributed by atoms with Gasteiger partial charge >= 0.3 is 6.09 Å². The molecule has 0 radical (unpaired) electrons. The topological polar surface area (TPSA) is 29.5 Å². The fourth-order valence-corrected chi connectivity index (χ4v) is 1.28. The first-order valence-corrected chi connectivity index (χ1v) is 5.47. The van der Waals surface area contributed by atoms with Gasteiger partial charge in [0.15, 0.2) is 0 Å². The molecule has 0 N–H and O–H groups in total. The molecule has 3 nitrogen and oxygen atoms in total. The third-order valence-corrected chi connectivity index (χ3v) is 1.92. The maximum Gasteiger partial charge on any atom is 0.414 e. The molecular formula is C12H21NO2. The van der Waals surface area contributed by atoms with Crippen molar-refractivity contribution in [1.82, 2.24) is 4.90 Å². The van der Waals surface area contributed by atoms with Crippen LogP contribution in [0, 0.1) is 0 Å². The molecule has 0 bridgehead atoms. The van der Waals surface area contributed by atoms with Gasteiger partial charge in [-0.1, -0.05) is 25.5 Å². The van der Waals surface area contributed by atoms with Gasteiger partial charge in [-0.05, 0) is 26.8 Å². The Labute approximate surface area is 92.4 Å². The summed E-state index contributed by atoms with van der Waals surface area (Å²) in [6.45, 7) is 10.2. The summed E-state index contributed by atoms with van der Waals surface area (Å²) in [5.41, 5.74) is 1.17. The maximum atomic E-state index is 11.3. The molecule has 0 saturated carbocycles. The van der Waals surface area contributed by atoms with Gasteiger partial charge in [0.1, 0.15) is 0 Å². The summed E-state index contributed by atoms with van der Waals surface area (Å²) in [5, 5.41) is 0. The number of hydrogen-bond donors (Lipinski definition) is 0. The molecular weight excluding hydrogens is 190 g/mol. The second kappa shape index (κ2) is 7.10. The number of ether oxygens (including phenoxy) is 1. The van der Waals surface area contributed by atoms with E-state index in [0.717, 1.165) is 0 Å². The van der Waals surface area contributed by atoms with Gasteiger partial charge in [-0.3, -0.25) is 4.90 Å². The summed E-state index contributed by atoms with van der Waals surface area (Å²) in [6.07, 6.45) is 5.40. The van der Waals surface area contributed by atoms with E-state index in [4.69, 9.17) is 4.74 Å². The lowest BCUT2D eigenvalue weighted by Gasteiger charge is -2.25. The zero-order chi connectivity index (χ0) is 11.8. The third kappa shape index (κ3) is 4.19. The average molecular weight is 211 g/mol. The zero-order valence-electron chi connectivity index (χ0n) is 10.3. The molecule has 86 valence electrons. The van der Waals surface area contributed by atoms with Crippen molar-refractivity contribution in [2.45, 2.75) is 40.7 Å². The van der Waals surface area contributed by atoms with Crippen molar-refractivity contribution in [2.24, 2.45) is 0 Å². The van der Waals surface area contributed by atoms with Crippen LogP contribution in [0.3, 0.4) is 0 Å². The first-order valence-electron chi connectivity index (χ1n) is 5.47. The van der Waals surface area contributed by atoms with Gasteiger partial charge < -0.3 is 4.74 Å². The summed E-state index contributed by atoms with van der Waals surface area (Å²) in [6, 6.07) is 0.0871. The fourth-order valence-electron chi connectivity index (χ4n) is 1.28. The fraction of sp³-hybridized carbons (Fsp3) is 0.583. The Morgan fingerprint density at radius 2 is 2.13 bits per heavy atom. The van der Waals surface area contributed by atoms with Crippen LogP contribution in [0.15, 0.2) is 23.9 Å². The molecule has 1 aliphatic heterocycles. The molecule has 1 amide bonds. The molecule has 15 heavy (non-hydrogen) atoms. The van der Waals surface area contributed by atoms with Crippen molar-refractivity contribution in [3.05, 3.63) is 23.9 Å². The van der Waals surface area contributed by atoms with Crippen LogP contribution in [-0.4, -0.2) is 23.6 Å². The second-order valence-electron chi connectivity index (χ2n) is 3.07. The van der Waals surface area contributed by atoms with E-state index in [9.17, 15) is 4.79 Å². The maximum absolute atomic E-state index is 11.3. The molecule has 1 unspecified atom stereocenters. The van der Waals surface area contributed by atoms with Gasteiger partial charge in [-0.25, -0.2) is 4.79 Å². The number of carbonyl (C=O) groups is 1. The van der Waals surface area contributed by atoms with Crippen LogP contribution in [0.1, 0.15) is 34.6 Å². The van der Waals surface area contributed by atoms with E-state index >= 15 is 0 Å². The Morgan fingerprint density at radius 3 is 2.60 bits per heavy atom.